The Morgan fingerprint density at radius 2 is 1.63 bits per heavy atom. The Morgan fingerprint density at radius 1 is 0.963 bits per heavy atom. The average molecular weight is 407 g/mol. The van der Waals surface area contributed by atoms with E-state index in [0.29, 0.717) is 27.9 Å². The van der Waals surface area contributed by atoms with Gasteiger partial charge >= 0.3 is 0 Å². The molecule has 0 bridgehead atoms. The number of nitrogens with zero attached hydrogens (tertiary/aromatic N) is 1. The van der Waals surface area contributed by atoms with Crippen molar-refractivity contribution in [2.24, 2.45) is 0 Å². The number of carbonyl (C=O) groups excluding carboxylic acids is 2. The van der Waals surface area contributed by atoms with Crippen LogP contribution in [0.4, 0.5) is 11.4 Å². The van der Waals surface area contributed by atoms with Gasteiger partial charge in [-0.15, -0.1) is 0 Å². The fourth-order valence-corrected chi connectivity index (χ4v) is 3.08. The average Bonchev–Trinajstić information content (AvgIpc) is 2.87. The van der Waals surface area contributed by atoms with E-state index >= 15 is 0 Å². The van der Waals surface area contributed by atoms with Crippen molar-refractivity contribution in [3.8, 4) is 11.5 Å². The van der Waals surface area contributed by atoms with Crippen molar-refractivity contribution in [3.63, 3.8) is 0 Å². The van der Waals surface area contributed by atoms with Crippen LogP contribution < -0.4 is 19.7 Å². The van der Waals surface area contributed by atoms with Crippen molar-refractivity contribution in [2.75, 3.05) is 24.4 Å². The van der Waals surface area contributed by atoms with Crippen LogP contribution in [-0.2, 0) is 9.59 Å². The molecule has 3 rings (SSSR count). The Labute approximate surface area is 166 Å². The lowest BCUT2D eigenvalue weighted by molar-refractivity contribution is -0.120. The van der Waals surface area contributed by atoms with E-state index in [9.17, 15) is 9.59 Å². The fourth-order valence-electron chi connectivity index (χ4n) is 2.71. The quantitative estimate of drug-likeness (QED) is 0.756. The van der Waals surface area contributed by atoms with Gasteiger partial charge in [-0.2, -0.15) is 0 Å². The summed E-state index contributed by atoms with van der Waals surface area (Å²) in [5, 5.41) is 3.20. The molecular weight excluding hydrogens is 391 g/mol. The lowest BCUT2D eigenvalue weighted by Gasteiger charge is -2.18. The highest BCUT2D eigenvalue weighted by atomic mass is 35.5. The first-order chi connectivity index (χ1) is 12.9. The van der Waals surface area contributed by atoms with E-state index in [1.54, 1.807) is 36.4 Å². The summed E-state index contributed by atoms with van der Waals surface area (Å²) in [6.07, 6.45) is 0. The monoisotopic (exact) mass is 406 g/mol. The maximum atomic E-state index is 12.9. The number of hydrogen-bond acceptors (Lipinski definition) is 5. The van der Waals surface area contributed by atoms with Gasteiger partial charge in [0.05, 0.1) is 25.6 Å². The van der Waals surface area contributed by atoms with Gasteiger partial charge in [-0.1, -0.05) is 35.3 Å². The molecule has 1 heterocycles. The number of amides is 2. The fraction of sp³-hybridized carbons (Fsp3) is 0.158. The van der Waals surface area contributed by atoms with E-state index in [-0.39, 0.29) is 10.7 Å². The molecule has 27 heavy (non-hydrogen) atoms. The van der Waals surface area contributed by atoms with Crippen LogP contribution in [0, 0.1) is 6.92 Å². The third-order valence-electron chi connectivity index (χ3n) is 4.09. The van der Waals surface area contributed by atoms with Crippen LogP contribution >= 0.6 is 23.2 Å². The van der Waals surface area contributed by atoms with Crippen molar-refractivity contribution in [1.82, 2.24) is 0 Å². The number of anilines is 2. The molecule has 140 valence electrons. The van der Waals surface area contributed by atoms with E-state index < -0.39 is 11.8 Å². The summed E-state index contributed by atoms with van der Waals surface area (Å²) >= 11 is 12.3. The number of para-hydroxylation sites is 2. The highest BCUT2D eigenvalue weighted by Gasteiger charge is 2.40. The van der Waals surface area contributed by atoms with Crippen molar-refractivity contribution in [1.29, 1.82) is 0 Å². The molecule has 1 aliphatic rings. The minimum Gasteiger partial charge on any atom is -0.495 e. The predicted octanol–water partition coefficient (Wildman–Crippen LogP) is 4.10. The summed E-state index contributed by atoms with van der Waals surface area (Å²) in [7, 11) is 2.93. The molecule has 6 nitrogen and oxygen atoms in total. The smallest absolute Gasteiger partial charge is 0.283 e. The lowest BCUT2D eigenvalue weighted by atomic mass is 10.2. The number of rotatable bonds is 5. The summed E-state index contributed by atoms with van der Waals surface area (Å²) in [6, 6.07) is 10.0. The first kappa shape index (κ1) is 19.1. The molecule has 0 atom stereocenters. The van der Waals surface area contributed by atoms with Gasteiger partial charge in [0.25, 0.3) is 11.8 Å². The number of aryl methyl sites for hydroxylation is 1. The molecule has 8 heteroatoms. The van der Waals surface area contributed by atoms with Gasteiger partial charge in [0.2, 0.25) is 0 Å². The normalized spacial score (nSPS) is 14.0. The first-order valence-electron chi connectivity index (χ1n) is 7.91. The van der Waals surface area contributed by atoms with E-state index in [1.165, 1.54) is 14.2 Å². The third-order valence-corrected chi connectivity index (χ3v) is 4.85. The number of carbonyl (C=O) groups is 2. The Hall–Kier alpha value is -2.70. The van der Waals surface area contributed by atoms with Crippen molar-refractivity contribution >= 4 is 46.4 Å². The van der Waals surface area contributed by atoms with Crippen molar-refractivity contribution in [2.45, 2.75) is 6.92 Å². The van der Waals surface area contributed by atoms with Gasteiger partial charge in [0, 0.05) is 11.1 Å². The number of nitrogens with one attached hydrogen (secondary N) is 1. The van der Waals surface area contributed by atoms with Crippen LogP contribution in [0.1, 0.15) is 5.56 Å². The topological polar surface area (TPSA) is 67.9 Å². The zero-order valence-corrected chi connectivity index (χ0v) is 16.3. The number of methoxy groups -OCH3 is 2. The Kier molecular flexibility index (Phi) is 5.30. The van der Waals surface area contributed by atoms with Crippen molar-refractivity contribution in [3.05, 3.63) is 57.7 Å². The molecule has 0 saturated carbocycles. The third kappa shape index (κ3) is 3.34. The lowest BCUT2D eigenvalue weighted by Crippen LogP contribution is -2.32. The second kappa shape index (κ2) is 7.50. The van der Waals surface area contributed by atoms with E-state index in [1.807, 2.05) is 6.92 Å². The van der Waals surface area contributed by atoms with Crippen LogP contribution in [-0.4, -0.2) is 26.0 Å². The molecule has 0 aliphatic carbocycles. The maximum absolute atomic E-state index is 12.9. The van der Waals surface area contributed by atoms with Gasteiger partial charge in [0.1, 0.15) is 22.2 Å². The zero-order chi connectivity index (χ0) is 19.7. The van der Waals surface area contributed by atoms with Gasteiger partial charge in [0.15, 0.2) is 0 Å². The molecule has 1 aliphatic heterocycles. The van der Waals surface area contributed by atoms with Crippen LogP contribution in [0.2, 0.25) is 5.02 Å². The number of benzene rings is 2. The summed E-state index contributed by atoms with van der Waals surface area (Å²) in [5.41, 5.74) is 1.50. The van der Waals surface area contributed by atoms with Gasteiger partial charge in [-0.25, -0.2) is 4.90 Å². The first-order valence-corrected chi connectivity index (χ1v) is 8.67. The number of halogens is 2. The SMILES string of the molecule is COc1cc(Cl)c(C)cc1NC1=C(Cl)C(=O)N(c2ccccc2OC)C1=O. The summed E-state index contributed by atoms with van der Waals surface area (Å²) in [4.78, 5) is 26.5. The van der Waals surface area contributed by atoms with Gasteiger partial charge < -0.3 is 14.8 Å². The van der Waals surface area contributed by atoms with E-state index in [2.05, 4.69) is 5.32 Å². The van der Waals surface area contributed by atoms with Gasteiger partial charge in [-0.05, 0) is 30.7 Å². The summed E-state index contributed by atoms with van der Waals surface area (Å²) in [6.45, 7) is 1.81. The number of imide groups is 1. The molecule has 2 amide bonds. The zero-order valence-electron chi connectivity index (χ0n) is 14.8. The Bertz CT molecular complexity index is 972. The van der Waals surface area contributed by atoms with Crippen LogP contribution in [0.15, 0.2) is 47.1 Å². The molecule has 0 spiro atoms. The maximum Gasteiger partial charge on any atom is 0.283 e. The second-order valence-corrected chi connectivity index (χ2v) is 6.52. The van der Waals surface area contributed by atoms with Crippen LogP contribution in [0.5, 0.6) is 11.5 Å². The summed E-state index contributed by atoms with van der Waals surface area (Å²) < 4.78 is 10.5. The largest absolute Gasteiger partial charge is 0.495 e. The molecule has 1 N–H and O–H groups in total. The molecule has 0 unspecified atom stereocenters. The second-order valence-electron chi connectivity index (χ2n) is 5.73. The molecular formula is C19H16Cl2N2O4. The highest BCUT2D eigenvalue weighted by molar-refractivity contribution is 6.53. The predicted molar refractivity (Wildman–Crippen MR) is 105 cm³/mol. The van der Waals surface area contributed by atoms with E-state index in [0.717, 1.165) is 10.5 Å². The van der Waals surface area contributed by atoms with Crippen molar-refractivity contribution < 1.29 is 19.1 Å². The molecule has 2 aromatic carbocycles. The Balaban J connectivity index is 2.00. The molecule has 0 aromatic heterocycles. The minimum atomic E-state index is -0.640. The molecule has 0 radical (unpaired) electrons. The molecule has 0 saturated heterocycles. The number of ether oxygens (including phenoxy) is 2. The van der Waals surface area contributed by atoms with E-state index in [4.69, 9.17) is 32.7 Å². The number of hydrogen-bond donors (Lipinski definition) is 1. The summed E-state index contributed by atoms with van der Waals surface area (Å²) in [5.74, 6) is -0.439. The van der Waals surface area contributed by atoms with Crippen LogP contribution in [0.25, 0.3) is 0 Å². The van der Waals surface area contributed by atoms with Gasteiger partial charge in [-0.3, -0.25) is 9.59 Å². The minimum absolute atomic E-state index is 0.0485. The van der Waals surface area contributed by atoms with Crippen LogP contribution in [0.3, 0.4) is 0 Å². The Morgan fingerprint density at radius 3 is 2.30 bits per heavy atom. The molecule has 0 fully saturated rings. The highest BCUT2D eigenvalue weighted by Crippen LogP contribution is 2.37. The molecule has 2 aromatic rings. The standard InChI is InChI=1S/C19H16Cl2N2O4/c1-10-8-12(15(27-3)9-11(10)20)22-17-16(21)18(24)23(19(17)25)13-6-4-5-7-14(13)26-2/h4-9,22H,1-3H3.